The van der Waals surface area contributed by atoms with Crippen LogP contribution >= 0.6 is 11.6 Å². The minimum atomic E-state index is -3.75. The van der Waals surface area contributed by atoms with E-state index in [2.05, 4.69) is 0 Å². The fourth-order valence-corrected chi connectivity index (χ4v) is 1.89. The molecule has 0 bridgehead atoms. The predicted octanol–water partition coefficient (Wildman–Crippen LogP) is 1.86. The van der Waals surface area contributed by atoms with Crippen LogP contribution in [0.1, 0.15) is 0 Å². The molecule has 0 N–H and O–H groups in total. The second-order valence-electron chi connectivity index (χ2n) is 2.57. The first-order chi connectivity index (χ1) is 6.92. The molecule has 0 amide bonds. The van der Waals surface area contributed by atoms with Gasteiger partial charge in [-0.2, -0.15) is 0 Å². The minimum absolute atomic E-state index is 0.0370. The van der Waals surface area contributed by atoms with E-state index in [1.165, 1.54) is 24.3 Å². The van der Waals surface area contributed by atoms with E-state index < -0.39 is 14.8 Å². The smallest absolute Gasteiger partial charge is 0.246 e. The van der Waals surface area contributed by atoms with Crippen LogP contribution in [0.4, 0.5) is 0 Å². The fraction of sp³-hybridized carbons (Fsp3) is 0. The number of hydrogen-bond donors (Lipinski definition) is 0. The summed E-state index contributed by atoms with van der Waals surface area (Å²) in [5, 5.41) is 10.9. The Labute approximate surface area is 91.1 Å². The maximum Gasteiger partial charge on any atom is 0.246 e. The quantitative estimate of drug-likeness (QED) is 0.603. The van der Waals surface area contributed by atoms with Gasteiger partial charge in [0.2, 0.25) is 16.0 Å². The van der Waals surface area contributed by atoms with Crippen molar-refractivity contribution >= 4 is 21.4 Å². The van der Waals surface area contributed by atoms with Crippen molar-refractivity contribution in [2.75, 3.05) is 0 Å². The molecule has 0 aliphatic carbocycles. The van der Waals surface area contributed by atoms with Crippen LogP contribution in [-0.4, -0.2) is 13.3 Å². The van der Waals surface area contributed by atoms with Crippen LogP contribution in [0.2, 0.25) is 5.02 Å². The lowest BCUT2D eigenvalue weighted by Gasteiger charge is -1.97. The maximum absolute atomic E-state index is 11.4. The van der Waals surface area contributed by atoms with Gasteiger partial charge in [-0.05, 0) is 24.3 Å². The van der Waals surface area contributed by atoms with Crippen LogP contribution < -0.4 is 0 Å². The molecular formula is C8H6ClNO4S. The zero-order valence-electron chi connectivity index (χ0n) is 7.33. The second-order valence-corrected chi connectivity index (χ2v) is 4.84. The molecule has 5 nitrogen and oxygen atoms in total. The standard InChI is InChI=1S/C8H6ClNO4S/c9-7-1-3-8(4-2-7)15(13,14)6-5-10(11)12/h1-6H/b6-5+. The van der Waals surface area contributed by atoms with Gasteiger partial charge in [0.25, 0.3) is 0 Å². The first-order valence-electron chi connectivity index (χ1n) is 3.74. The molecule has 0 atom stereocenters. The molecule has 0 aliphatic rings. The van der Waals surface area contributed by atoms with Crippen molar-refractivity contribution in [2.24, 2.45) is 0 Å². The van der Waals surface area contributed by atoms with Crippen molar-refractivity contribution in [3.05, 3.63) is 51.0 Å². The predicted molar refractivity (Wildman–Crippen MR) is 54.8 cm³/mol. The third kappa shape index (κ3) is 3.34. The molecule has 0 aromatic heterocycles. The highest BCUT2D eigenvalue weighted by Crippen LogP contribution is 2.15. The lowest BCUT2D eigenvalue weighted by Crippen LogP contribution is -1.97. The molecule has 0 radical (unpaired) electrons. The summed E-state index contributed by atoms with van der Waals surface area (Å²) >= 11 is 5.57. The van der Waals surface area contributed by atoms with Crippen LogP contribution in [0.3, 0.4) is 0 Å². The summed E-state index contributed by atoms with van der Waals surface area (Å²) in [5.74, 6) is 0. The Hall–Kier alpha value is -1.40. The minimum Gasteiger partial charge on any atom is -0.259 e. The summed E-state index contributed by atoms with van der Waals surface area (Å²) in [6, 6.07) is 5.35. The highest BCUT2D eigenvalue weighted by molar-refractivity contribution is 7.94. The zero-order valence-corrected chi connectivity index (χ0v) is 8.90. The molecule has 1 aromatic rings. The maximum atomic E-state index is 11.4. The Balaban J connectivity index is 3.07. The molecule has 0 saturated heterocycles. The van der Waals surface area contributed by atoms with Gasteiger partial charge in [-0.1, -0.05) is 11.6 Å². The average Bonchev–Trinajstić information content (AvgIpc) is 2.16. The topological polar surface area (TPSA) is 77.3 Å². The normalized spacial score (nSPS) is 11.8. The lowest BCUT2D eigenvalue weighted by atomic mass is 10.4. The molecule has 0 spiro atoms. The van der Waals surface area contributed by atoms with Crippen molar-refractivity contribution in [1.82, 2.24) is 0 Å². The van der Waals surface area contributed by atoms with Crippen LogP contribution in [0, 0.1) is 10.1 Å². The Morgan fingerprint density at radius 3 is 2.27 bits per heavy atom. The molecule has 0 unspecified atom stereocenters. The van der Waals surface area contributed by atoms with Crippen LogP contribution in [-0.2, 0) is 9.84 Å². The fourth-order valence-electron chi connectivity index (χ4n) is 0.833. The van der Waals surface area contributed by atoms with Gasteiger partial charge in [-0.25, -0.2) is 8.42 Å². The van der Waals surface area contributed by atoms with E-state index >= 15 is 0 Å². The van der Waals surface area contributed by atoms with E-state index in [0.29, 0.717) is 16.6 Å². The van der Waals surface area contributed by atoms with E-state index in [9.17, 15) is 18.5 Å². The van der Waals surface area contributed by atoms with Gasteiger partial charge < -0.3 is 0 Å². The third-order valence-electron chi connectivity index (χ3n) is 1.50. The zero-order chi connectivity index (χ0) is 11.5. The molecule has 0 saturated carbocycles. The van der Waals surface area contributed by atoms with E-state index in [4.69, 9.17) is 11.6 Å². The van der Waals surface area contributed by atoms with Gasteiger partial charge in [-0.15, -0.1) is 0 Å². The van der Waals surface area contributed by atoms with Crippen LogP contribution in [0.5, 0.6) is 0 Å². The molecule has 0 aliphatic heterocycles. The lowest BCUT2D eigenvalue weighted by molar-refractivity contribution is -0.402. The number of benzene rings is 1. The largest absolute Gasteiger partial charge is 0.259 e. The molecule has 0 fully saturated rings. The highest BCUT2D eigenvalue weighted by atomic mass is 35.5. The molecular weight excluding hydrogens is 242 g/mol. The van der Waals surface area contributed by atoms with Crippen molar-refractivity contribution in [3.63, 3.8) is 0 Å². The number of nitrogens with zero attached hydrogens (tertiary/aromatic N) is 1. The SMILES string of the molecule is O=[N+]([O-])/C=C/S(=O)(=O)c1ccc(Cl)cc1. The summed E-state index contributed by atoms with van der Waals surface area (Å²) in [7, 11) is -3.75. The van der Waals surface area contributed by atoms with Gasteiger partial charge in [-0.3, -0.25) is 10.1 Å². The first kappa shape index (κ1) is 11.7. The van der Waals surface area contributed by atoms with Crippen molar-refractivity contribution < 1.29 is 13.3 Å². The molecule has 7 heteroatoms. The number of rotatable bonds is 3. The van der Waals surface area contributed by atoms with E-state index in [0.717, 1.165) is 0 Å². The summed E-state index contributed by atoms with van der Waals surface area (Å²) < 4.78 is 22.8. The van der Waals surface area contributed by atoms with Gasteiger partial charge in [0.1, 0.15) is 5.41 Å². The highest BCUT2D eigenvalue weighted by Gasteiger charge is 2.11. The van der Waals surface area contributed by atoms with Gasteiger partial charge in [0.05, 0.1) is 9.82 Å². The Bertz CT molecular complexity index is 492. The summed E-state index contributed by atoms with van der Waals surface area (Å²) in [6.07, 6.45) is 0.379. The van der Waals surface area contributed by atoms with Crippen LogP contribution in [0.15, 0.2) is 40.8 Å². The van der Waals surface area contributed by atoms with Crippen molar-refractivity contribution in [3.8, 4) is 0 Å². The molecule has 1 rings (SSSR count). The van der Waals surface area contributed by atoms with Gasteiger partial charge >= 0.3 is 0 Å². The number of hydrogen-bond acceptors (Lipinski definition) is 4. The Morgan fingerprint density at radius 1 is 1.27 bits per heavy atom. The molecule has 80 valence electrons. The van der Waals surface area contributed by atoms with E-state index in [1.807, 2.05) is 0 Å². The molecule has 15 heavy (non-hydrogen) atoms. The molecule has 0 heterocycles. The summed E-state index contributed by atoms with van der Waals surface area (Å²) in [5.41, 5.74) is 0. The summed E-state index contributed by atoms with van der Waals surface area (Å²) in [6.45, 7) is 0. The van der Waals surface area contributed by atoms with Crippen molar-refractivity contribution in [2.45, 2.75) is 4.90 Å². The Kier molecular flexibility index (Phi) is 3.43. The number of halogens is 1. The first-order valence-corrected chi connectivity index (χ1v) is 5.66. The second kappa shape index (κ2) is 4.41. The summed E-state index contributed by atoms with van der Waals surface area (Å²) in [4.78, 5) is 9.09. The monoisotopic (exact) mass is 247 g/mol. The van der Waals surface area contributed by atoms with Crippen LogP contribution in [0.25, 0.3) is 0 Å². The number of nitro groups is 1. The van der Waals surface area contributed by atoms with E-state index in [1.54, 1.807) is 0 Å². The molecule has 1 aromatic carbocycles. The van der Waals surface area contributed by atoms with E-state index in [-0.39, 0.29) is 4.90 Å². The van der Waals surface area contributed by atoms with Gasteiger partial charge in [0.15, 0.2) is 0 Å². The number of sulfone groups is 1. The van der Waals surface area contributed by atoms with Gasteiger partial charge in [0, 0.05) is 5.02 Å². The van der Waals surface area contributed by atoms with Crippen molar-refractivity contribution in [1.29, 1.82) is 0 Å². The average molecular weight is 248 g/mol. The third-order valence-corrected chi connectivity index (χ3v) is 3.17. The Morgan fingerprint density at radius 2 is 1.80 bits per heavy atom.